The molecule has 0 saturated heterocycles. The first-order valence-corrected chi connectivity index (χ1v) is 20.7. The summed E-state index contributed by atoms with van der Waals surface area (Å²) in [5.74, 6) is 0. The summed E-state index contributed by atoms with van der Waals surface area (Å²) >= 11 is 0. The van der Waals surface area contributed by atoms with Crippen LogP contribution in [0.15, 0.2) is 211 Å². The van der Waals surface area contributed by atoms with E-state index in [-0.39, 0.29) is 6.04 Å². The molecule has 1 atom stereocenters. The highest BCUT2D eigenvalue weighted by molar-refractivity contribution is 6.28. The molecule has 1 aliphatic carbocycles. The number of allylic oxidation sites excluding steroid dienone is 3. The molecule has 282 valence electrons. The lowest BCUT2D eigenvalue weighted by Crippen LogP contribution is -2.16. The van der Waals surface area contributed by atoms with Gasteiger partial charge in [0.15, 0.2) is 0 Å². The van der Waals surface area contributed by atoms with Crippen molar-refractivity contribution in [3.63, 3.8) is 0 Å². The number of nitrogens with one attached hydrogen (secondary N) is 1. The van der Waals surface area contributed by atoms with Gasteiger partial charge in [0.05, 0.1) is 11.8 Å². The molecule has 0 aromatic heterocycles. The number of aliphatic imine (C=N–C) groups is 1. The first-order chi connectivity index (χ1) is 29.7. The predicted molar refractivity (Wildman–Crippen MR) is 257 cm³/mol. The minimum absolute atomic E-state index is 0.0865. The first kappa shape index (κ1) is 35.5. The molecule has 0 bridgehead atoms. The summed E-state index contributed by atoms with van der Waals surface area (Å²) in [6, 6.07) is 64.7. The third-order valence-electron chi connectivity index (χ3n) is 12.2. The van der Waals surface area contributed by atoms with Gasteiger partial charge < -0.3 is 5.41 Å². The second-order valence-electron chi connectivity index (χ2n) is 15.7. The topological polar surface area (TPSA) is 36.2 Å². The second-order valence-corrected chi connectivity index (χ2v) is 15.7. The van der Waals surface area contributed by atoms with Gasteiger partial charge in [-0.2, -0.15) is 0 Å². The van der Waals surface area contributed by atoms with Crippen LogP contribution in [0, 0.1) is 5.41 Å². The van der Waals surface area contributed by atoms with Gasteiger partial charge >= 0.3 is 0 Å². The molecule has 11 rings (SSSR count). The van der Waals surface area contributed by atoms with Crippen molar-refractivity contribution in [2.45, 2.75) is 12.5 Å². The SMILES string of the molecule is N=C(/C=C\C=C\c1cccc(-c2ccc3cc(-c4ccc5c6c(cccc46)-c4c-5c(-c5ccccc5)c5ccccc5c4-c4ccccc4)ccc3c2)c1)C1CC=CC=N1. The number of benzene rings is 9. The van der Waals surface area contributed by atoms with Crippen LogP contribution >= 0.6 is 0 Å². The summed E-state index contributed by atoms with van der Waals surface area (Å²) in [5.41, 5.74) is 16.8. The Hall–Kier alpha value is -7.68. The van der Waals surface area contributed by atoms with Crippen LogP contribution < -0.4 is 0 Å². The van der Waals surface area contributed by atoms with Crippen LogP contribution in [0.1, 0.15) is 12.0 Å². The molecule has 0 radical (unpaired) electrons. The summed E-state index contributed by atoms with van der Waals surface area (Å²) in [6.45, 7) is 0. The maximum Gasteiger partial charge on any atom is 0.0946 e. The van der Waals surface area contributed by atoms with Crippen LogP contribution in [0.2, 0.25) is 0 Å². The molecule has 0 saturated carbocycles. The van der Waals surface area contributed by atoms with Gasteiger partial charge in [-0.05, 0) is 141 Å². The van der Waals surface area contributed by atoms with Gasteiger partial charge in [-0.25, -0.2) is 0 Å². The molecule has 0 spiro atoms. The maximum atomic E-state index is 8.34. The number of rotatable bonds is 8. The van der Waals surface area contributed by atoms with Crippen molar-refractivity contribution in [3.8, 4) is 66.8 Å². The van der Waals surface area contributed by atoms with Crippen molar-refractivity contribution in [2.75, 3.05) is 0 Å². The number of hydrogen-bond donors (Lipinski definition) is 1. The van der Waals surface area contributed by atoms with E-state index < -0.39 is 0 Å². The van der Waals surface area contributed by atoms with E-state index in [2.05, 4.69) is 193 Å². The minimum Gasteiger partial charge on any atom is -0.303 e. The third kappa shape index (κ3) is 6.13. The maximum absolute atomic E-state index is 8.34. The lowest BCUT2D eigenvalue weighted by molar-refractivity contribution is 0.871. The van der Waals surface area contributed by atoms with E-state index in [4.69, 9.17) is 5.41 Å². The van der Waals surface area contributed by atoms with Crippen LogP contribution in [0.25, 0.3) is 105 Å². The molecule has 0 amide bonds. The van der Waals surface area contributed by atoms with Gasteiger partial charge in [0.2, 0.25) is 0 Å². The quantitative estimate of drug-likeness (QED) is 0.118. The van der Waals surface area contributed by atoms with E-state index in [0.29, 0.717) is 5.71 Å². The average molecular weight is 765 g/mol. The lowest BCUT2D eigenvalue weighted by Gasteiger charge is -2.20. The highest BCUT2D eigenvalue weighted by Gasteiger charge is 2.31. The standard InChI is InChI=1S/C58H40N2/c59-52(53-27-11-12-34-60-53)26-10-7-15-38-16-13-21-41(35-38)42-28-29-44-37-45(31-30-43(44)36-42)46-32-33-51-56-47(46)24-14-25-50(56)57-54(39-17-3-1-4-18-39)48-22-8-9-23-49(48)55(58(51)57)40-19-5-2-6-20-40/h1-26,28-37,53,59H,27H2/b15-7+,26-10-,59-52?. The Morgan fingerprint density at radius 3 is 1.77 bits per heavy atom. The van der Waals surface area contributed by atoms with E-state index in [1.807, 2.05) is 24.3 Å². The molecule has 1 heterocycles. The zero-order chi connectivity index (χ0) is 40.0. The molecule has 2 heteroatoms. The third-order valence-corrected chi connectivity index (χ3v) is 12.2. The lowest BCUT2D eigenvalue weighted by atomic mass is 9.82. The molecule has 2 aliphatic rings. The molecule has 2 nitrogen and oxygen atoms in total. The monoisotopic (exact) mass is 764 g/mol. The van der Waals surface area contributed by atoms with E-state index in [0.717, 1.165) is 12.0 Å². The number of nitrogens with zero attached hydrogens (tertiary/aromatic N) is 1. The molecule has 1 aliphatic heterocycles. The van der Waals surface area contributed by atoms with Crippen LogP contribution in [-0.4, -0.2) is 18.0 Å². The molecule has 9 aromatic carbocycles. The van der Waals surface area contributed by atoms with Gasteiger partial charge in [-0.15, -0.1) is 0 Å². The smallest absolute Gasteiger partial charge is 0.0946 e. The van der Waals surface area contributed by atoms with Crippen molar-refractivity contribution in [3.05, 3.63) is 212 Å². The minimum atomic E-state index is -0.0865. The Bertz CT molecular complexity index is 3200. The van der Waals surface area contributed by atoms with Gasteiger partial charge in [0.25, 0.3) is 0 Å². The van der Waals surface area contributed by atoms with Crippen LogP contribution in [0.5, 0.6) is 0 Å². The highest BCUT2D eigenvalue weighted by atomic mass is 14.8. The summed E-state index contributed by atoms with van der Waals surface area (Å²) in [7, 11) is 0. The molecule has 60 heavy (non-hydrogen) atoms. The van der Waals surface area contributed by atoms with E-state index >= 15 is 0 Å². The fourth-order valence-electron chi connectivity index (χ4n) is 9.40. The Kier molecular flexibility index (Phi) is 8.82. The van der Waals surface area contributed by atoms with Gasteiger partial charge in [0, 0.05) is 6.21 Å². The molecule has 1 N–H and O–H groups in total. The summed E-state index contributed by atoms with van der Waals surface area (Å²) in [6.07, 6.45) is 14.4. The zero-order valence-electron chi connectivity index (χ0n) is 33.0. The van der Waals surface area contributed by atoms with Crippen molar-refractivity contribution < 1.29 is 0 Å². The van der Waals surface area contributed by atoms with E-state index in [9.17, 15) is 0 Å². The molecular formula is C58H40N2. The normalized spacial score (nSPS) is 14.2. The van der Waals surface area contributed by atoms with Gasteiger partial charge in [0.1, 0.15) is 0 Å². The highest BCUT2D eigenvalue weighted by Crippen LogP contribution is 2.58. The average Bonchev–Trinajstić information content (AvgIpc) is 3.64. The van der Waals surface area contributed by atoms with Crippen LogP contribution in [-0.2, 0) is 0 Å². The summed E-state index contributed by atoms with van der Waals surface area (Å²) in [4.78, 5) is 4.40. The predicted octanol–water partition coefficient (Wildman–Crippen LogP) is 15.5. The number of fused-ring (bicyclic) bond motifs is 5. The summed E-state index contributed by atoms with van der Waals surface area (Å²) in [5, 5.41) is 15.9. The van der Waals surface area contributed by atoms with Crippen molar-refractivity contribution in [1.29, 1.82) is 5.41 Å². The fraction of sp³-hybridized carbons (Fsp3) is 0.0345. The Morgan fingerprint density at radius 2 is 1.07 bits per heavy atom. The van der Waals surface area contributed by atoms with Crippen molar-refractivity contribution >= 4 is 50.3 Å². The number of dihydropyridines is 1. The fourth-order valence-corrected chi connectivity index (χ4v) is 9.40. The summed E-state index contributed by atoms with van der Waals surface area (Å²) < 4.78 is 0. The van der Waals surface area contributed by atoms with Gasteiger partial charge in [-0.1, -0.05) is 182 Å². The Morgan fingerprint density at radius 1 is 0.483 bits per heavy atom. The van der Waals surface area contributed by atoms with Crippen LogP contribution in [0.4, 0.5) is 0 Å². The zero-order valence-corrected chi connectivity index (χ0v) is 33.0. The molecular weight excluding hydrogens is 725 g/mol. The molecule has 0 fully saturated rings. The molecule has 9 aromatic rings. The van der Waals surface area contributed by atoms with E-state index in [1.165, 1.54) is 99.1 Å². The largest absolute Gasteiger partial charge is 0.303 e. The Balaban J connectivity index is 0.974. The van der Waals surface area contributed by atoms with Crippen molar-refractivity contribution in [2.24, 2.45) is 4.99 Å². The van der Waals surface area contributed by atoms with Crippen LogP contribution in [0.3, 0.4) is 0 Å². The second kappa shape index (κ2) is 14.9. The number of hydrogen-bond acceptors (Lipinski definition) is 2. The molecule has 1 unspecified atom stereocenters. The van der Waals surface area contributed by atoms with Gasteiger partial charge in [-0.3, -0.25) is 4.99 Å². The van der Waals surface area contributed by atoms with Crippen molar-refractivity contribution in [1.82, 2.24) is 0 Å². The first-order valence-electron chi connectivity index (χ1n) is 20.7. The van der Waals surface area contributed by atoms with E-state index in [1.54, 1.807) is 6.21 Å². The Labute approximate surface area is 350 Å².